The third-order valence-electron chi connectivity index (χ3n) is 5.28. The molecule has 5 nitrogen and oxygen atoms in total. The standard InChI is InChI=1S/C25H29NO4/c1-4-25(27)26(18-19-11-13-20(28-2)14-12-19)16-15-22(24-10-7-17-30-24)21-8-5-6-9-23(21)29-3/h5-14,17,22H,4,15-16,18H2,1-3H3. The fraction of sp³-hybridized carbons (Fsp3) is 0.320. The number of nitrogens with zero attached hydrogens (tertiary/aromatic N) is 1. The van der Waals surface area contributed by atoms with Crippen LogP contribution in [0.25, 0.3) is 0 Å². The van der Waals surface area contributed by atoms with Crippen molar-refractivity contribution in [3.8, 4) is 11.5 Å². The Bertz CT molecular complexity index is 919. The molecule has 1 atom stereocenters. The minimum absolute atomic E-state index is 0.000765. The maximum absolute atomic E-state index is 12.7. The molecule has 0 bridgehead atoms. The minimum atomic E-state index is -0.000765. The topological polar surface area (TPSA) is 51.9 Å². The summed E-state index contributed by atoms with van der Waals surface area (Å²) in [6, 6.07) is 19.7. The van der Waals surface area contributed by atoms with E-state index < -0.39 is 0 Å². The number of hydrogen-bond acceptors (Lipinski definition) is 4. The van der Waals surface area contributed by atoms with Crippen LogP contribution in [0, 0.1) is 0 Å². The van der Waals surface area contributed by atoms with E-state index in [1.807, 2.05) is 66.4 Å². The van der Waals surface area contributed by atoms with Crippen LogP contribution in [0.2, 0.25) is 0 Å². The third kappa shape index (κ3) is 5.23. The van der Waals surface area contributed by atoms with Gasteiger partial charge in [0.1, 0.15) is 17.3 Å². The number of rotatable bonds is 10. The molecule has 1 unspecified atom stereocenters. The van der Waals surface area contributed by atoms with Crippen molar-refractivity contribution in [2.24, 2.45) is 0 Å². The van der Waals surface area contributed by atoms with Crippen molar-refractivity contribution in [3.05, 3.63) is 83.8 Å². The summed E-state index contributed by atoms with van der Waals surface area (Å²) in [4.78, 5) is 14.6. The lowest BCUT2D eigenvalue weighted by molar-refractivity contribution is -0.131. The molecule has 0 saturated carbocycles. The van der Waals surface area contributed by atoms with Gasteiger partial charge >= 0.3 is 0 Å². The monoisotopic (exact) mass is 407 g/mol. The van der Waals surface area contributed by atoms with E-state index in [9.17, 15) is 4.79 Å². The number of furan rings is 1. The normalized spacial score (nSPS) is 11.7. The number of carbonyl (C=O) groups is 1. The maximum atomic E-state index is 12.7. The molecule has 2 aromatic carbocycles. The summed E-state index contributed by atoms with van der Waals surface area (Å²) in [5, 5.41) is 0. The molecule has 0 fully saturated rings. The van der Waals surface area contributed by atoms with Gasteiger partial charge in [0.15, 0.2) is 0 Å². The zero-order valence-electron chi connectivity index (χ0n) is 17.8. The predicted molar refractivity (Wildman–Crippen MR) is 117 cm³/mol. The van der Waals surface area contributed by atoms with Crippen LogP contribution in [-0.4, -0.2) is 31.6 Å². The molecule has 5 heteroatoms. The first kappa shape index (κ1) is 21.5. The summed E-state index contributed by atoms with van der Waals surface area (Å²) in [7, 11) is 3.32. The smallest absolute Gasteiger partial charge is 0.222 e. The fourth-order valence-electron chi connectivity index (χ4n) is 3.65. The van der Waals surface area contributed by atoms with Crippen molar-refractivity contribution < 1.29 is 18.7 Å². The highest BCUT2D eigenvalue weighted by atomic mass is 16.5. The van der Waals surface area contributed by atoms with Crippen LogP contribution in [-0.2, 0) is 11.3 Å². The number of methoxy groups -OCH3 is 2. The summed E-state index contributed by atoms with van der Waals surface area (Å²) in [5.74, 6) is 2.62. The summed E-state index contributed by atoms with van der Waals surface area (Å²) < 4.78 is 16.6. The van der Waals surface area contributed by atoms with E-state index in [1.165, 1.54) is 0 Å². The van der Waals surface area contributed by atoms with Crippen LogP contribution >= 0.6 is 0 Å². The van der Waals surface area contributed by atoms with Crippen LogP contribution in [0.5, 0.6) is 11.5 Å². The van der Waals surface area contributed by atoms with Crippen LogP contribution in [0.4, 0.5) is 0 Å². The molecule has 1 amide bonds. The molecule has 1 aromatic heterocycles. The summed E-state index contributed by atoms with van der Waals surface area (Å²) in [5.41, 5.74) is 2.13. The van der Waals surface area contributed by atoms with E-state index >= 15 is 0 Å². The SMILES string of the molecule is CCC(=O)N(CCC(c1ccco1)c1ccccc1OC)Cc1ccc(OC)cc1. The van der Waals surface area contributed by atoms with Gasteiger partial charge in [0.25, 0.3) is 0 Å². The lowest BCUT2D eigenvalue weighted by atomic mass is 9.92. The van der Waals surface area contributed by atoms with E-state index in [4.69, 9.17) is 13.9 Å². The first-order valence-electron chi connectivity index (χ1n) is 10.2. The van der Waals surface area contributed by atoms with E-state index in [1.54, 1.807) is 20.5 Å². The Hall–Kier alpha value is -3.21. The zero-order valence-corrected chi connectivity index (χ0v) is 17.8. The zero-order chi connectivity index (χ0) is 21.3. The highest BCUT2D eigenvalue weighted by molar-refractivity contribution is 5.75. The largest absolute Gasteiger partial charge is 0.497 e. The summed E-state index contributed by atoms with van der Waals surface area (Å²) in [6.07, 6.45) is 2.89. The van der Waals surface area contributed by atoms with Crippen molar-refractivity contribution in [1.82, 2.24) is 4.90 Å². The average Bonchev–Trinajstić information content (AvgIpc) is 3.33. The van der Waals surface area contributed by atoms with E-state index in [2.05, 4.69) is 6.07 Å². The highest BCUT2D eigenvalue weighted by Gasteiger charge is 2.23. The van der Waals surface area contributed by atoms with Crippen LogP contribution in [0.15, 0.2) is 71.3 Å². The molecule has 0 aliphatic rings. The molecule has 158 valence electrons. The maximum Gasteiger partial charge on any atom is 0.222 e. The van der Waals surface area contributed by atoms with Gasteiger partial charge in [-0.1, -0.05) is 37.3 Å². The molecule has 3 aromatic rings. The Morgan fingerprint density at radius 1 is 1.00 bits per heavy atom. The van der Waals surface area contributed by atoms with Crippen LogP contribution in [0.1, 0.15) is 42.6 Å². The molecule has 0 aliphatic heterocycles. The number of amides is 1. The number of hydrogen-bond donors (Lipinski definition) is 0. The average molecular weight is 408 g/mol. The lowest BCUT2D eigenvalue weighted by Gasteiger charge is -2.25. The number of benzene rings is 2. The number of ether oxygens (including phenoxy) is 2. The van der Waals surface area contributed by atoms with Crippen LogP contribution < -0.4 is 9.47 Å². The van der Waals surface area contributed by atoms with Gasteiger partial charge in [-0.15, -0.1) is 0 Å². The molecular formula is C25H29NO4. The quantitative estimate of drug-likeness (QED) is 0.460. The van der Waals surface area contributed by atoms with E-state index in [0.717, 1.165) is 34.8 Å². The van der Waals surface area contributed by atoms with Gasteiger partial charge in [-0.2, -0.15) is 0 Å². The first-order chi connectivity index (χ1) is 14.7. The second-order valence-electron chi connectivity index (χ2n) is 7.12. The lowest BCUT2D eigenvalue weighted by Crippen LogP contribution is -2.31. The Morgan fingerprint density at radius 3 is 2.40 bits per heavy atom. The highest BCUT2D eigenvalue weighted by Crippen LogP contribution is 2.35. The molecule has 1 heterocycles. The van der Waals surface area contributed by atoms with Gasteiger partial charge in [0.2, 0.25) is 5.91 Å². The number of para-hydroxylation sites is 1. The Morgan fingerprint density at radius 2 is 1.77 bits per heavy atom. The van der Waals surface area contributed by atoms with Crippen molar-refractivity contribution in [1.29, 1.82) is 0 Å². The van der Waals surface area contributed by atoms with Gasteiger partial charge in [0, 0.05) is 31.0 Å². The van der Waals surface area contributed by atoms with Crippen LogP contribution in [0.3, 0.4) is 0 Å². The Labute approximate surface area is 178 Å². The predicted octanol–water partition coefficient (Wildman–Crippen LogP) is 5.26. The van der Waals surface area contributed by atoms with Gasteiger partial charge in [-0.3, -0.25) is 4.79 Å². The van der Waals surface area contributed by atoms with Crippen molar-refractivity contribution in [3.63, 3.8) is 0 Å². The first-order valence-corrected chi connectivity index (χ1v) is 10.2. The molecule has 3 rings (SSSR count). The summed E-state index contributed by atoms with van der Waals surface area (Å²) in [6.45, 7) is 3.07. The van der Waals surface area contributed by atoms with Crippen molar-refractivity contribution in [2.45, 2.75) is 32.2 Å². The molecular weight excluding hydrogens is 378 g/mol. The third-order valence-corrected chi connectivity index (χ3v) is 5.28. The van der Waals surface area contributed by atoms with Crippen molar-refractivity contribution in [2.75, 3.05) is 20.8 Å². The second-order valence-corrected chi connectivity index (χ2v) is 7.12. The minimum Gasteiger partial charge on any atom is -0.497 e. The molecule has 0 aliphatic carbocycles. The van der Waals surface area contributed by atoms with Gasteiger partial charge in [-0.05, 0) is 42.3 Å². The van der Waals surface area contributed by atoms with E-state index in [0.29, 0.717) is 19.5 Å². The van der Waals surface area contributed by atoms with Gasteiger partial charge in [-0.25, -0.2) is 0 Å². The molecule has 0 saturated heterocycles. The fourth-order valence-corrected chi connectivity index (χ4v) is 3.65. The van der Waals surface area contributed by atoms with Gasteiger partial charge in [0.05, 0.1) is 20.5 Å². The molecule has 0 radical (unpaired) electrons. The molecule has 0 spiro atoms. The molecule has 30 heavy (non-hydrogen) atoms. The van der Waals surface area contributed by atoms with Crippen molar-refractivity contribution >= 4 is 5.91 Å². The van der Waals surface area contributed by atoms with E-state index in [-0.39, 0.29) is 11.8 Å². The molecule has 0 N–H and O–H groups in total. The Balaban J connectivity index is 1.80. The summed E-state index contributed by atoms with van der Waals surface area (Å²) >= 11 is 0. The number of carbonyl (C=O) groups excluding carboxylic acids is 1. The second kappa shape index (κ2) is 10.5. The Kier molecular flexibility index (Phi) is 7.55. The van der Waals surface area contributed by atoms with Gasteiger partial charge < -0.3 is 18.8 Å².